The van der Waals surface area contributed by atoms with Crippen LogP contribution in [0.2, 0.25) is 0 Å². The van der Waals surface area contributed by atoms with Gasteiger partial charge in [-0.2, -0.15) is 0 Å². The van der Waals surface area contributed by atoms with Gasteiger partial charge in [-0.1, -0.05) is 306 Å². The maximum atomic E-state index is 12.9. The Morgan fingerprint density at radius 1 is 0.284 bits per heavy atom. The minimum atomic E-state index is -0.784. The summed E-state index contributed by atoms with van der Waals surface area (Å²) >= 11 is 0. The van der Waals surface area contributed by atoms with Gasteiger partial charge in [-0.3, -0.25) is 14.4 Å². The summed E-state index contributed by atoms with van der Waals surface area (Å²) in [6.45, 7) is 6.55. The Hall–Kier alpha value is -3.15. The van der Waals surface area contributed by atoms with Crippen molar-refractivity contribution in [1.29, 1.82) is 0 Å². The number of allylic oxidation sites excluding steroid dienone is 12. The predicted molar refractivity (Wildman–Crippen MR) is 321 cm³/mol. The molecule has 74 heavy (non-hydrogen) atoms. The fourth-order valence-electron chi connectivity index (χ4n) is 9.21. The minimum Gasteiger partial charge on any atom is -0.462 e. The first-order chi connectivity index (χ1) is 36.5. The molecule has 0 heterocycles. The first-order valence-electron chi connectivity index (χ1n) is 31.9. The van der Waals surface area contributed by atoms with Crippen molar-refractivity contribution >= 4 is 17.9 Å². The molecule has 0 rings (SSSR count). The lowest BCUT2D eigenvalue weighted by Gasteiger charge is -2.18. The average Bonchev–Trinajstić information content (AvgIpc) is 3.40. The van der Waals surface area contributed by atoms with Crippen LogP contribution in [-0.2, 0) is 28.6 Å². The molecule has 0 aromatic heterocycles. The number of carbonyl (C=O) groups excluding carboxylic acids is 3. The molecule has 0 radical (unpaired) electrons. The maximum Gasteiger partial charge on any atom is 0.306 e. The van der Waals surface area contributed by atoms with Crippen LogP contribution in [0.15, 0.2) is 72.9 Å². The molecule has 1 unspecified atom stereocenters. The Balaban J connectivity index is 4.34. The molecule has 0 bridgehead atoms. The van der Waals surface area contributed by atoms with Crippen molar-refractivity contribution in [3.05, 3.63) is 72.9 Å². The zero-order chi connectivity index (χ0) is 53.6. The second kappa shape index (κ2) is 62.4. The van der Waals surface area contributed by atoms with Crippen LogP contribution in [-0.4, -0.2) is 37.2 Å². The van der Waals surface area contributed by atoms with E-state index in [1.807, 2.05) is 0 Å². The van der Waals surface area contributed by atoms with Crippen LogP contribution >= 0.6 is 0 Å². The van der Waals surface area contributed by atoms with E-state index in [0.717, 1.165) is 109 Å². The third kappa shape index (κ3) is 59.7. The Morgan fingerprint density at radius 2 is 0.527 bits per heavy atom. The second-order valence-electron chi connectivity index (χ2n) is 21.3. The standard InChI is InChI=1S/C68H120O6/c1-4-7-10-13-16-19-22-25-27-29-31-33-34-36-37-39-41-43-46-49-52-55-58-61-67(70)73-64-65(63-72-66(69)60-57-54-51-48-45-24-21-18-15-12-9-6-3)74-68(71)62-59-56-53-50-47-44-42-40-38-35-32-30-28-26-23-20-17-14-11-8-5-2/h7,10,16,19,25,27,31,33,36-37,41,43,65H,4-6,8-9,11-15,17-18,20-24,26,28-30,32,34-35,38-40,42,44-64H2,1-3H3/b10-7-,19-16-,27-25-,33-31-,37-36-,43-41-. The average molecular weight is 1030 g/mol. The molecule has 428 valence electrons. The van der Waals surface area contributed by atoms with E-state index in [0.29, 0.717) is 19.3 Å². The molecule has 0 saturated carbocycles. The SMILES string of the molecule is CC/C=C\C/C=C\C/C=C\C/C=C\C/C=C\C/C=C\CCCCCCC(=O)OCC(COC(=O)CCCCCCCCCCCCCC)OC(=O)CCCCCCCCCCCCCCCCCCCCCCC. The summed E-state index contributed by atoms with van der Waals surface area (Å²) in [5.41, 5.74) is 0. The van der Waals surface area contributed by atoms with E-state index in [4.69, 9.17) is 14.2 Å². The van der Waals surface area contributed by atoms with Gasteiger partial charge in [0.05, 0.1) is 0 Å². The molecule has 0 saturated heterocycles. The topological polar surface area (TPSA) is 78.9 Å². The maximum absolute atomic E-state index is 12.9. The van der Waals surface area contributed by atoms with Crippen molar-refractivity contribution in [3.63, 3.8) is 0 Å². The van der Waals surface area contributed by atoms with Gasteiger partial charge in [0.25, 0.3) is 0 Å². The first kappa shape index (κ1) is 70.8. The van der Waals surface area contributed by atoms with Gasteiger partial charge in [-0.05, 0) is 70.6 Å². The lowest BCUT2D eigenvalue weighted by Crippen LogP contribution is -2.30. The molecule has 0 spiro atoms. The van der Waals surface area contributed by atoms with Crippen molar-refractivity contribution in [2.45, 2.75) is 329 Å². The van der Waals surface area contributed by atoms with Crippen molar-refractivity contribution in [3.8, 4) is 0 Å². The molecular formula is C68H120O6. The van der Waals surface area contributed by atoms with Crippen LogP contribution in [0.25, 0.3) is 0 Å². The molecule has 0 aliphatic rings. The Bertz CT molecular complexity index is 1370. The van der Waals surface area contributed by atoms with Crippen molar-refractivity contribution < 1.29 is 28.6 Å². The predicted octanol–water partition coefficient (Wildman–Crippen LogP) is 21.7. The third-order valence-electron chi connectivity index (χ3n) is 14.0. The number of hydrogen-bond acceptors (Lipinski definition) is 6. The highest BCUT2D eigenvalue weighted by Crippen LogP contribution is 2.17. The summed E-state index contributed by atoms with van der Waals surface area (Å²) in [4.78, 5) is 38.3. The molecule has 6 heteroatoms. The van der Waals surface area contributed by atoms with Gasteiger partial charge in [0, 0.05) is 19.3 Å². The molecule has 0 aromatic rings. The summed E-state index contributed by atoms with van der Waals surface area (Å²) in [5, 5.41) is 0. The monoisotopic (exact) mass is 1030 g/mol. The molecule has 0 aromatic carbocycles. The normalized spacial score (nSPS) is 12.5. The van der Waals surface area contributed by atoms with Crippen LogP contribution in [0.5, 0.6) is 0 Å². The summed E-state index contributed by atoms with van der Waals surface area (Å²) in [7, 11) is 0. The zero-order valence-electron chi connectivity index (χ0n) is 49.1. The van der Waals surface area contributed by atoms with E-state index < -0.39 is 6.10 Å². The second-order valence-corrected chi connectivity index (χ2v) is 21.3. The van der Waals surface area contributed by atoms with Gasteiger partial charge in [0.2, 0.25) is 0 Å². The van der Waals surface area contributed by atoms with E-state index in [9.17, 15) is 14.4 Å². The van der Waals surface area contributed by atoms with E-state index in [2.05, 4.69) is 93.7 Å². The molecule has 0 amide bonds. The van der Waals surface area contributed by atoms with E-state index in [1.165, 1.54) is 173 Å². The van der Waals surface area contributed by atoms with Crippen molar-refractivity contribution in [2.24, 2.45) is 0 Å². The van der Waals surface area contributed by atoms with E-state index >= 15 is 0 Å². The number of hydrogen-bond donors (Lipinski definition) is 0. The van der Waals surface area contributed by atoms with Crippen molar-refractivity contribution in [1.82, 2.24) is 0 Å². The van der Waals surface area contributed by atoms with Crippen LogP contribution in [0.4, 0.5) is 0 Å². The number of rotatable bonds is 58. The Morgan fingerprint density at radius 3 is 0.824 bits per heavy atom. The smallest absolute Gasteiger partial charge is 0.306 e. The minimum absolute atomic E-state index is 0.0793. The highest BCUT2D eigenvalue weighted by molar-refractivity contribution is 5.71. The lowest BCUT2D eigenvalue weighted by molar-refractivity contribution is -0.167. The van der Waals surface area contributed by atoms with E-state index in [-0.39, 0.29) is 31.1 Å². The van der Waals surface area contributed by atoms with Crippen LogP contribution in [0, 0.1) is 0 Å². The first-order valence-corrected chi connectivity index (χ1v) is 31.9. The summed E-state index contributed by atoms with van der Waals surface area (Å²) in [6.07, 6.45) is 80.5. The van der Waals surface area contributed by atoms with Gasteiger partial charge >= 0.3 is 17.9 Å². The molecule has 0 aliphatic heterocycles. The third-order valence-corrected chi connectivity index (χ3v) is 14.0. The Labute approximate surface area is 459 Å². The number of unbranched alkanes of at least 4 members (excludes halogenated alkanes) is 35. The highest BCUT2D eigenvalue weighted by Gasteiger charge is 2.19. The van der Waals surface area contributed by atoms with Crippen LogP contribution < -0.4 is 0 Å². The quantitative estimate of drug-likeness (QED) is 0.0261. The van der Waals surface area contributed by atoms with Crippen LogP contribution in [0.3, 0.4) is 0 Å². The summed E-state index contributed by atoms with van der Waals surface area (Å²) in [5.74, 6) is -0.888. The number of esters is 3. The van der Waals surface area contributed by atoms with Gasteiger partial charge in [-0.15, -0.1) is 0 Å². The van der Waals surface area contributed by atoms with Gasteiger partial charge in [0.1, 0.15) is 13.2 Å². The molecule has 1 atom stereocenters. The van der Waals surface area contributed by atoms with Gasteiger partial charge in [-0.25, -0.2) is 0 Å². The fraction of sp³-hybridized carbons (Fsp3) is 0.779. The molecule has 6 nitrogen and oxygen atoms in total. The number of ether oxygens (including phenoxy) is 3. The van der Waals surface area contributed by atoms with E-state index in [1.54, 1.807) is 0 Å². The largest absolute Gasteiger partial charge is 0.462 e. The Kier molecular flexibility index (Phi) is 59.7. The zero-order valence-corrected chi connectivity index (χ0v) is 49.1. The van der Waals surface area contributed by atoms with Gasteiger partial charge < -0.3 is 14.2 Å². The number of carbonyl (C=O) groups is 3. The molecule has 0 fully saturated rings. The molecule has 0 N–H and O–H groups in total. The fourth-order valence-corrected chi connectivity index (χ4v) is 9.21. The summed E-state index contributed by atoms with van der Waals surface area (Å²) < 4.78 is 16.9. The van der Waals surface area contributed by atoms with Crippen LogP contribution in [0.1, 0.15) is 323 Å². The molecule has 0 aliphatic carbocycles. The van der Waals surface area contributed by atoms with Gasteiger partial charge in [0.15, 0.2) is 6.10 Å². The highest BCUT2D eigenvalue weighted by atomic mass is 16.6. The lowest BCUT2D eigenvalue weighted by atomic mass is 10.0. The summed E-state index contributed by atoms with van der Waals surface area (Å²) in [6, 6.07) is 0. The van der Waals surface area contributed by atoms with Crippen molar-refractivity contribution in [2.75, 3.05) is 13.2 Å². The molecular weight excluding hydrogens is 913 g/mol.